The van der Waals surface area contributed by atoms with Crippen LogP contribution >= 0.6 is 0 Å². The summed E-state index contributed by atoms with van der Waals surface area (Å²) in [5, 5.41) is 4.22. The summed E-state index contributed by atoms with van der Waals surface area (Å²) < 4.78 is 1.91. The van der Waals surface area contributed by atoms with Gasteiger partial charge in [0, 0.05) is 13.1 Å². The Balaban J connectivity index is 1.67. The smallest absolute Gasteiger partial charge is 0.232 e. The minimum Gasteiger partial charge on any atom is -0.342 e. The van der Waals surface area contributed by atoms with E-state index < -0.39 is 5.41 Å². The number of carbonyl (C=O) groups is 1. The lowest BCUT2D eigenvalue weighted by atomic mass is 9.82. The summed E-state index contributed by atoms with van der Waals surface area (Å²) in [6.07, 6.45) is 6.21. The number of aromatic nitrogens is 3. The van der Waals surface area contributed by atoms with Gasteiger partial charge < -0.3 is 4.90 Å². The monoisotopic (exact) mass is 326 g/mol. The molecule has 1 aliphatic heterocycles. The molecule has 5 heteroatoms. The Morgan fingerprint density at radius 3 is 2.42 bits per heavy atom. The molecule has 3 rings (SSSR count). The van der Waals surface area contributed by atoms with Gasteiger partial charge in [-0.3, -0.25) is 4.79 Å². The van der Waals surface area contributed by atoms with E-state index in [4.69, 9.17) is 0 Å². The number of amides is 1. The maximum Gasteiger partial charge on any atom is 0.232 e. The number of likely N-dealkylation sites (tertiary alicyclic amines) is 1. The van der Waals surface area contributed by atoms with Crippen LogP contribution < -0.4 is 0 Å². The Morgan fingerprint density at radius 2 is 1.88 bits per heavy atom. The lowest BCUT2D eigenvalue weighted by Crippen LogP contribution is -2.47. The Bertz CT molecular complexity index is 668. The van der Waals surface area contributed by atoms with Gasteiger partial charge in [0.2, 0.25) is 5.91 Å². The SMILES string of the molecule is CCc1ccc(C(C)(C)C(=O)N2CCC(n3cncn3)CC2)cc1. The molecule has 0 saturated carbocycles. The largest absolute Gasteiger partial charge is 0.342 e. The van der Waals surface area contributed by atoms with E-state index in [0.717, 1.165) is 37.9 Å². The van der Waals surface area contributed by atoms with E-state index in [-0.39, 0.29) is 5.91 Å². The summed E-state index contributed by atoms with van der Waals surface area (Å²) in [7, 11) is 0. The van der Waals surface area contributed by atoms with Gasteiger partial charge >= 0.3 is 0 Å². The van der Waals surface area contributed by atoms with Gasteiger partial charge in [-0.25, -0.2) is 9.67 Å². The molecule has 0 unspecified atom stereocenters. The maximum absolute atomic E-state index is 13.1. The van der Waals surface area contributed by atoms with E-state index in [1.165, 1.54) is 5.56 Å². The van der Waals surface area contributed by atoms with E-state index in [9.17, 15) is 4.79 Å². The first kappa shape index (κ1) is 16.7. The highest BCUT2D eigenvalue weighted by atomic mass is 16.2. The van der Waals surface area contributed by atoms with Crippen LogP contribution in [0.2, 0.25) is 0 Å². The van der Waals surface area contributed by atoms with Crippen molar-refractivity contribution >= 4 is 5.91 Å². The van der Waals surface area contributed by atoms with Crippen LogP contribution in [0.15, 0.2) is 36.9 Å². The molecule has 128 valence electrons. The lowest BCUT2D eigenvalue weighted by Gasteiger charge is -2.37. The van der Waals surface area contributed by atoms with Crippen LogP contribution in [0.5, 0.6) is 0 Å². The Labute approximate surface area is 143 Å². The fourth-order valence-electron chi connectivity index (χ4n) is 3.42. The summed E-state index contributed by atoms with van der Waals surface area (Å²) in [6, 6.07) is 8.80. The van der Waals surface area contributed by atoms with Gasteiger partial charge in [0.15, 0.2) is 0 Å². The normalized spacial score (nSPS) is 16.4. The van der Waals surface area contributed by atoms with Gasteiger partial charge in [-0.2, -0.15) is 5.10 Å². The number of hydrogen-bond acceptors (Lipinski definition) is 3. The molecule has 2 aromatic rings. The zero-order chi connectivity index (χ0) is 17.2. The van der Waals surface area contributed by atoms with Crippen LogP contribution in [0, 0.1) is 0 Å². The minimum atomic E-state index is -0.494. The van der Waals surface area contributed by atoms with E-state index in [1.807, 2.05) is 23.4 Å². The number of rotatable bonds is 4. The molecule has 0 spiro atoms. The average molecular weight is 326 g/mol. The number of piperidine rings is 1. The molecule has 1 aromatic heterocycles. The van der Waals surface area contributed by atoms with Crippen LogP contribution in [-0.2, 0) is 16.6 Å². The molecule has 0 N–H and O–H groups in total. The van der Waals surface area contributed by atoms with E-state index in [1.54, 1.807) is 12.7 Å². The van der Waals surface area contributed by atoms with Crippen LogP contribution in [0.3, 0.4) is 0 Å². The standard InChI is InChI=1S/C19H26N4O/c1-4-15-5-7-16(8-6-15)19(2,3)18(24)22-11-9-17(10-12-22)23-14-20-13-21-23/h5-8,13-14,17H,4,9-12H2,1-3H3. The molecule has 0 bridgehead atoms. The highest BCUT2D eigenvalue weighted by Gasteiger charge is 2.35. The Kier molecular flexibility index (Phi) is 4.69. The highest BCUT2D eigenvalue weighted by Crippen LogP contribution is 2.29. The van der Waals surface area contributed by atoms with Crippen molar-refractivity contribution in [3.63, 3.8) is 0 Å². The lowest BCUT2D eigenvalue weighted by molar-refractivity contribution is -0.137. The first-order valence-electron chi connectivity index (χ1n) is 8.75. The van der Waals surface area contributed by atoms with Gasteiger partial charge in [-0.05, 0) is 44.2 Å². The van der Waals surface area contributed by atoms with Crippen LogP contribution in [0.25, 0.3) is 0 Å². The van der Waals surface area contributed by atoms with Crippen molar-refractivity contribution in [3.05, 3.63) is 48.0 Å². The van der Waals surface area contributed by atoms with Gasteiger partial charge in [0.05, 0.1) is 11.5 Å². The molecule has 24 heavy (non-hydrogen) atoms. The van der Waals surface area contributed by atoms with Crippen LogP contribution in [0.1, 0.15) is 50.8 Å². The molecule has 2 heterocycles. The summed E-state index contributed by atoms with van der Waals surface area (Å²) >= 11 is 0. The van der Waals surface area contributed by atoms with Crippen molar-refractivity contribution in [1.82, 2.24) is 19.7 Å². The Hall–Kier alpha value is -2.17. The molecular weight excluding hydrogens is 300 g/mol. The average Bonchev–Trinajstić information content (AvgIpc) is 3.16. The summed E-state index contributed by atoms with van der Waals surface area (Å²) in [5.74, 6) is 0.212. The van der Waals surface area contributed by atoms with Gasteiger partial charge in [-0.1, -0.05) is 31.2 Å². The maximum atomic E-state index is 13.1. The third kappa shape index (κ3) is 3.21. The summed E-state index contributed by atoms with van der Waals surface area (Å²) in [6.45, 7) is 7.75. The summed E-state index contributed by atoms with van der Waals surface area (Å²) in [4.78, 5) is 19.1. The minimum absolute atomic E-state index is 0.212. The van der Waals surface area contributed by atoms with E-state index >= 15 is 0 Å². The first-order chi connectivity index (χ1) is 11.5. The zero-order valence-electron chi connectivity index (χ0n) is 14.8. The second-order valence-corrected chi connectivity index (χ2v) is 7.07. The van der Waals surface area contributed by atoms with Gasteiger partial charge in [0.1, 0.15) is 12.7 Å². The predicted molar refractivity (Wildman–Crippen MR) is 93.7 cm³/mol. The van der Waals surface area contributed by atoms with Crippen molar-refractivity contribution in [2.75, 3.05) is 13.1 Å². The van der Waals surface area contributed by atoms with Crippen molar-refractivity contribution in [1.29, 1.82) is 0 Å². The first-order valence-corrected chi connectivity index (χ1v) is 8.75. The van der Waals surface area contributed by atoms with Crippen molar-refractivity contribution in [2.24, 2.45) is 0 Å². The number of hydrogen-bond donors (Lipinski definition) is 0. The molecule has 0 radical (unpaired) electrons. The third-order valence-corrected chi connectivity index (χ3v) is 5.18. The van der Waals surface area contributed by atoms with Crippen molar-refractivity contribution in [2.45, 2.75) is 51.5 Å². The van der Waals surface area contributed by atoms with Gasteiger partial charge in [-0.15, -0.1) is 0 Å². The van der Waals surface area contributed by atoms with Crippen molar-refractivity contribution < 1.29 is 4.79 Å². The second-order valence-electron chi connectivity index (χ2n) is 7.07. The molecule has 0 aliphatic carbocycles. The quantitative estimate of drug-likeness (QED) is 0.868. The van der Waals surface area contributed by atoms with Crippen LogP contribution in [0.4, 0.5) is 0 Å². The fraction of sp³-hybridized carbons (Fsp3) is 0.526. The molecular formula is C19H26N4O. The molecule has 5 nitrogen and oxygen atoms in total. The van der Waals surface area contributed by atoms with E-state index in [0.29, 0.717) is 6.04 Å². The molecule has 1 fully saturated rings. The topological polar surface area (TPSA) is 51.0 Å². The van der Waals surface area contributed by atoms with Crippen LogP contribution in [-0.4, -0.2) is 38.7 Å². The number of aryl methyl sites for hydroxylation is 1. The molecule has 1 aromatic carbocycles. The van der Waals surface area contributed by atoms with Gasteiger partial charge in [0.25, 0.3) is 0 Å². The predicted octanol–water partition coefficient (Wildman–Crippen LogP) is 2.98. The van der Waals surface area contributed by atoms with E-state index in [2.05, 4.69) is 41.3 Å². The molecule has 1 amide bonds. The highest BCUT2D eigenvalue weighted by molar-refractivity contribution is 5.87. The second kappa shape index (κ2) is 6.75. The fourth-order valence-corrected chi connectivity index (χ4v) is 3.42. The molecule has 1 aliphatic rings. The third-order valence-electron chi connectivity index (χ3n) is 5.18. The Morgan fingerprint density at radius 1 is 1.21 bits per heavy atom. The number of benzene rings is 1. The number of nitrogens with zero attached hydrogens (tertiary/aromatic N) is 4. The van der Waals surface area contributed by atoms with Crippen molar-refractivity contribution in [3.8, 4) is 0 Å². The molecule has 1 saturated heterocycles. The zero-order valence-corrected chi connectivity index (χ0v) is 14.8. The summed E-state index contributed by atoms with van der Waals surface area (Å²) in [5.41, 5.74) is 1.89. The molecule has 0 atom stereocenters. The number of carbonyl (C=O) groups excluding carboxylic acids is 1.